The van der Waals surface area contributed by atoms with Gasteiger partial charge < -0.3 is 18.0 Å². The third-order valence-corrected chi connectivity index (χ3v) is 9.06. The summed E-state index contributed by atoms with van der Waals surface area (Å²) in [5.41, 5.74) is 1.05. The van der Waals surface area contributed by atoms with Crippen molar-refractivity contribution in [2.75, 3.05) is 26.4 Å². The van der Waals surface area contributed by atoms with E-state index in [0.717, 1.165) is 38.1 Å². The molecule has 0 atom stereocenters. The fourth-order valence-electron chi connectivity index (χ4n) is 4.55. The molecular formula is C23H35NO6Si. The van der Waals surface area contributed by atoms with E-state index in [2.05, 4.69) is 0 Å². The quantitative estimate of drug-likeness (QED) is 0.272. The maximum Gasteiger partial charge on any atom is 0.501 e. The molecule has 0 aromatic heterocycles. The molecular weight excluding hydrogens is 414 g/mol. The zero-order valence-corrected chi connectivity index (χ0v) is 19.9. The van der Waals surface area contributed by atoms with Crippen molar-refractivity contribution in [3.63, 3.8) is 0 Å². The Morgan fingerprint density at radius 1 is 0.871 bits per heavy atom. The van der Waals surface area contributed by atoms with Crippen LogP contribution in [0.3, 0.4) is 0 Å². The smallest absolute Gasteiger partial charge is 0.378 e. The first kappa shape index (κ1) is 24.1. The van der Waals surface area contributed by atoms with Crippen LogP contribution in [0.5, 0.6) is 0 Å². The van der Waals surface area contributed by atoms with Gasteiger partial charge >= 0.3 is 8.80 Å². The van der Waals surface area contributed by atoms with E-state index in [-0.39, 0.29) is 24.0 Å². The SMILES string of the molecule is CCO[Si](CCCOC1CCC(N2C(=O)c3ccccc3C2=O)CC1)(OCC)OCC. The van der Waals surface area contributed by atoms with Gasteiger partial charge in [0.1, 0.15) is 0 Å². The molecule has 2 aliphatic rings. The van der Waals surface area contributed by atoms with Gasteiger partial charge in [-0.3, -0.25) is 14.5 Å². The fraction of sp³-hybridized carbons (Fsp3) is 0.652. The fourth-order valence-corrected chi connectivity index (χ4v) is 7.13. The Labute approximate surface area is 186 Å². The lowest BCUT2D eigenvalue weighted by Gasteiger charge is -2.33. The van der Waals surface area contributed by atoms with Crippen molar-refractivity contribution in [2.45, 2.75) is 71.1 Å². The maximum absolute atomic E-state index is 12.7. The Kier molecular flexibility index (Phi) is 8.80. The minimum absolute atomic E-state index is 0.0406. The second-order valence-corrected chi connectivity index (χ2v) is 10.6. The van der Waals surface area contributed by atoms with Crippen LogP contribution in [0.15, 0.2) is 24.3 Å². The van der Waals surface area contributed by atoms with Crippen molar-refractivity contribution < 1.29 is 27.6 Å². The molecule has 1 heterocycles. The Bertz CT molecular complexity index is 697. The molecule has 1 saturated carbocycles. The van der Waals surface area contributed by atoms with E-state index >= 15 is 0 Å². The van der Waals surface area contributed by atoms with Crippen LogP contribution in [0.25, 0.3) is 0 Å². The van der Waals surface area contributed by atoms with Crippen LogP contribution >= 0.6 is 0 Å². The highest BCUT2D eigenvalue weighted by Crippen LogP contribution is 2.32. The minimum Gasteiger partial charge on any atom is -0.378 e. The van der Waals surface area contributed by atoms with Crippen molar-refractivity contribution in [2.24, 2.45) is 0 Å². The Morgan fingerprint density at radius 2 is 1.39 bits per heavy atom. The Hall–Kier alpha value is -1.58. The number of amides is 2. The first-order valence-corrected chi connectivity index (χ1v) is 13.5. The molecule has 0 radical (unpaired) electrons. The number of fused-ring (bicyclic) bond motifs is 1. The van der Waals surface area contributed by atoms with Gasteiger partial charge in [0.05, 0.1) is 17.2 Å². The van der Waals surface area contributed by atoms with Gasteiger partial charge in [0, 0.05) is 38.5 Å². The topological polar surface area (TPSA) is 74.3 Å². The van der Waals surface area contributed by atoms with Gasteiger partial charge in [-0.25, -0.2) is 0 Å². The average molecular weight is 450 g/mol. The molecule has 0 saturated heterocycles. The van der Waals surface area contributed by atoms with Gasteiger partial charge in [0.15, 0.2) is 0 Å². The van der Waals surface area contributed by atoms with Crippen molar-refractivity contribution in [1.82, 2.24) is 4.90 Å². The molecule has 1 aromatic carbocycles. The zero-order valence-electron chi connectivity index (χ0n) is 18.9. The number of carbonyl (C=O) groups is 2. The summed E-state index contributed by atoms with van der Waals surface area (Å²) in [6.07, 6.45) is 4.25. The van der Waals surface area contributed by atoms with E-state index in [1.54, 1.807) is 24.3 Å². The van der Waals surface area contributed by atoms with Gasteiger partial charge in [-0.15, -0.1) is 0 Å². The number of hydrogen-bond donors (Lipinski definition) is 0. The zero-order chi connectivity index (χ0) is 22.3. The molecule has 172 valence electrons. The number of ether oxygens (including phenoxy) is 1. The predicted octanol–water partition coefficient (Wildman–Crippen LogP) is 4.05. The molecule has 31 heavy (non-hydrogen) atoms. The first-order chi connectivity index (χ1) is 15.0. The van der Waals surface area contributed by atoms with E-state index in [1.165, 1.54) is 4.90 Å². The number of imide groups is 1. The van der Waals surface area contributed by atoms with Crippen LogP contribution in [0.2, 0.25) is 6.04 Å². The molecule has 8 heteroatoms. The number of nitrogens with zero attached hydrogens (tertiary/aromatic N) is 1. The summed E-state index contributed by atoms with van der Waals surface area (Å²) in [4.78, 5) is 26.9. The summed E-state index contributed by atoms with van der Waals surface area (Å²) in [5.74, 6) is -0.317. The molecule has 0 bridgehead atoms. The highest BCUT2D eigenvalue weighted by Gasteiger charge is 2.41. The molecule has 3 rings (SSSR count). The minimum atomic E-state index is -2.62. The summed E-state index contributed by atoms with van der Waals surface area (Å²) in [5, 5.41) is 0. The molecule has 1 aromatic rings. The standard InChI is InChI=1S/C23H35NO6Si/c1-4-28-31(29-5-2,30-6-3)17-9-16-27-19-14-12-18(13-15-19)24-22(25)20-10-7-8-11-21(20)23(24)26/h7-8,10-11,18-19H,4-6,9,12-17H2,1-3H3. The third kappa shape index (κ3) is 5.62. The number of benzene rings is 1. The van der Waals surface area contributed by atoms with Gasteiger partial charge in [-0.05, 0) is 65.0 Å². The highest BCUT2D eigenvalue weighted by atomic mass is 28.4. The van der Waals surface area contributed by atoms with Crippen LogP contribution in [0.4, 0.5) is 0 Å². The third-order valence-electron chi connectivity index (χ3n) is 5.91. The van der Waals surface area contributed by atoms with Crippen LogP contribution in [-0.4, -0.2) is 64.1 Å². The molecule has 7 nitrogen and oxygen atoms in total. The Morgan fingerprint density at radius 3 is 1.87 bits per heavy atom. The van der Waals surface area contributed by atoms with Crippen molar-refractivity contribution >= 4 is 20.6 Å². The van der Waals surface area contributed by atoms with Crippen LogP contribution in [0, 0.1) is 0 Å². The number of hydrogen-bond acceptors (Lipinski definition) is 6. The summed E-state index contributed by atoms with van der Waals surface area (Å²) in [7, 11) is -2.62. The van der Waals surface area contributed by atoms with Crippen LogP contribution < -0.4 is 0 Å². The lowest BCUT2D eigenvalue weighted by molar-refractivity contribution is 0.00701. The largest absolute Gasteiger partial charge is 0.501 e. The lowest BCUT2D eigenvalue weighted by atomic mass is 9.92. The van der Waals surface area contributed by atoms with Gasteiger partial charge in [-0.2, -0.15) is 0 Å². The molecule has 0 unspecified atom stereocenters. The van der Waals surface area contributed by atoms with Crippen molar-refractivity contribution in [3.8, 4) is 0 Å². The van der Waals surface area contributed by atoms with E-state index < -0.39 is 8.80 Å². The monoisotopic (exact) mass is 449 g/mol. The van der Waals surface area contributed by atoms with Gasteiger partial charge in [-0.1, -0.05) is 12.1 Å². The molecule has 1 fully saturated rings. The molecule has 2 amide bonds. The lowest BCUT2D eigenvalue weighted by Crippen LogP contribution is -2.46. The summed E-state index contributed by atoms with van der Waals surface area (Å²) < 4.78 is 23.8. The van der Waals surface area contributed by atoms with Crippen molar-refractivity contribution in [3.05, 3.63) is 35.4 Å². The number of carbonyl (C=O) groups excluding carboxylic acids is 2. The van der Waals surface area contributed by atoms with E-state index in [9.17, 15) is 9.59 Å². The molecule has 0 N–H and O–H groups in total. The van der Waals surface area contributed by atoms with Crippen molar-refractivity contribution in [1.29, 1.82) is 0 Å². The first-order valence-electron chi connectivity index (χ1n) is 11.6. The van der Waals surface area contributed by atoms with E-state index in [1.807, 2.05) is 20.8 Å². The van der Waals surface area contributed by atoms with Crippen LogP contribution in [0.1, 0.15) is 73.6 Å². The number of rotatable bonds is 12. The highest BCUT2D eigenvalue weighted by molar-refractivity contribution is 6.60. The summed E-state index contributed by atoms with van der Waals surface area (Å²) in [6.45, 7) is 8.25. The second kappa shape index (κ2) is 11.3. The average Bonchev–Trinajstić information content (AvgIpc) is 3.03. The second-order valence-electron chi connectivity index (χ2n) is 7.91. The van der Waals surface area contributed by atoms with Gasteiger partial charge in [0.2, 0.25) is 0 Å². The molecule has 1 aliphatic heterocycles. The van der Waals surface area contributed by atoms with Gasteiger partial charge in [0.25, 0.3) is 11.8 Å². The molecule has 0 spiro atoms. The van der Waals surface area contributed by atoms with E-state index in [0.29, 0.717) is 37.6 Å². The summed E-state index contributed by atoms with van der Waals surface area (Å²) in [6, 6.07) is 7.78. The molecule has 1 aliphatic carbocycles. The van der Waals surface area contributed by atoms with E-state index in [4.69, 9.17) is 18.0 Å². The maximum atomic E-state index is 12.7. The normalized spacial score (nSPS) is 21.6. The Balaban J connectivity index is 1.44. The summed E-state index contributed by atoms with van der Waals surface area (Å²) >= 11 is 0. The predicted molar refractivity (Wildman–Crippen MR) is 119 cm³/mol. The van der Waals surface area contributed by atoms with Crippen LogP contribution in [-0.2, 0) is 18.0 Å².